The molecule has 0 fully saturated rings. The van der Waals surface area contributed by atoms with Crippen LogP contribution in [-0.2, 0) is 13.6 Å². The Labute approximate surface area is 197 Å². The van der Waals surface area contributed by atoms with Crippen molar-refractivity contribution in [1.82, 2.24) is 14.5 Å². The number of halogens is 1. The van der Waals surface area contributed by atoms with E-state index in [-0.39, 0.29) is 11.6 Å². The number of hydrogen-bond donors (Lipinski definition) is 1. The molecule has 1 heterocycles. The van der Waals surface area contributed by atoms with Crippen LogP contribution in [0.1, 0.15) is 29.9 Å². The average molecular weight is 461 g/mol. The Morgan fingerprint density at radius 2 is 1.85 bits per heavy atom. The van der Waals surface area contributed by atoms with Crippen LogP contribution >= 0.6 is 11.6 Å². The smallest absolute Gasteiger partial charge is 0.310 e. The molecule has 1 aromatic heterocycles. The first-order chi connectivity index (χ1) is 15.8. The molecule has 0 aliphatic rings. The Morgan fingerprint density at radius 3 is 2.58 bits per heavy atom. The monoisotopic (exact) mass is 460 g/mol. The summed E-state index contributed by atoms with van der Waals surface area (Å²) >= 11 is 6.08. The third-order valence-corrected chi connectivity index (χ3v) is 5.87. The highest BCUT2D eigenvalue weighted by Crippen LogP contribution is 2.24. The number of aromatic nitrogens is 2. The first-order valence-electron chi connectivity index (χ1n) is 10.7. The molecule has 0 saturated heterocycles. The van der Waals surface area contributed by atoms with Crippen molar-refractivity contribution in [3.05, 3.63) is 105 Å². The first kappa shape index (κ1) is 22.6. The number of nitrogens with zero attached hydrogens (tertiary/aromatic N) is 3. The van der Waals surface area contributed by atoms with E-state index in [4.69, 9.17) is 16.6 Å². The van der Waals surface area contributed by atoms with Gasteiger partial charge in [0.2, 0.25) is 0 Å². The zero-order valence-electron chi connectivity index (χ0n) is 18.7. The summed E-state index contributed by atoms with van der Waals surface area (Å²) in [6.07, 6.45) is 0. The lowest BCUT2D eigenvalue weighted by Crippen LogP contribution is -2.39. The number of amides is 2. The van der Waals surface area contributed by atoms with E-state index in [9.17, 15) is 9.59 Å². The van der Waals surface area contributed by atoms with Gasteiger partial charge in [-0.05, 0) is 55.3 Å². The predicted molar refractivity (Wildman–Crippen MR) is 133 cm³/mol. The van der Waals surface area contributed by atoms with Crippen molar-refractivity contribution < 1.29 is 4.79 Å². The van der Waals surface area contributed by atoms with E-state index < -0.39 is 6.04 Å². The van der Waals surface area contributed by atoms with Gasteiger partial charge in [0.05, 0.1) is 16.9 Å². The number of aryl methyl sites for hydroxylation is 1. The van der Waals surface area contributed by atoms with Crippen molar-refractivity contribution >= 4 is 34.2 Å². The van der Waals surface area contributed by atoms with Gasteiger partial charge >= 0.3 is 6.03 Å². The largest absolute Gasteiger partial charge is 0.322 e. The molecule has 0 bridgehead atoms. The molecule has 3 aromatic carbocycles. The number of benzene rings is 3. The maximum absolute atomic E-state index is 13.4. The lowest BCUT2D eigenvalue weighted by molar-refractivity contribution is 0.185. The van der Waals surface area contributed by atoms with Crippen molar-refractivity contribution in [2.45, 2.75) is 26.4 Å². The van der Waals surface area contributed by atoms with Gasteiger partial charge in [0.25, 0.3) is 5.56 Å². The van der Waals surface area contributed by atoms with Gasteiger partial charge < -0.3 is 10.2 Å². The summed E-state index contributed by atoms with van der Waals surface area (Å²) in [6.45, 7) is 4.21. The number of carbonyl (C=O) groups excluding carboxylic acids is 1. The highest BCUT2D eigenvalue weighted by Gasteiger charge is 2.26. The number of fused-ring (bicyclic) bond motifs is 1. The Morgan fingerprint density at radius 1 is 1.09 bits per heavy atom. The zero-order chi connectivity index (χ0) is 23.5. The summed E-state index contributed by atoms with van der Waals surface area (Å²) in [5.41, 5.74) is 3.07. The topological polar surface area (TPSA) is 67.2 Å². The summed E-state index contributed by atoms with van der Waals surface area (Å²) in [5, 5.41) is 3.91. The molecule has 4 aromatic rings. The summed E-state index contributed by atoms with van der Waals surface area (Å²) in [7, 11) is 1.67. The molecule has 1 N–H and O–H groups in total. The molecule has 6 nitrogen and oxygen atoms in total. The molecular weight excluding hydrogens is 436 g/mol. The van der Waals surface area contributed by atoms with Crippen LogP contribution in [0, 0.1) is 6.92 Å². The third kappa shape index (κ3) is 4.91. The maximum Gasteiger partial charge on any atom is 0.322 e. The SMILES string of the molecule is Cc1cccc(NC(=O)N(Cc2ccccc2)C(C)c2nc3ccc(Cl)cc3c(=O)n2C)c1. The molecule has 0 saturated carbocycles. The fourth-order valence-corrected chi connectivity index (χ4v) is 4.03. The maximum atomic E-state index is 13.4. The number of anilines is 1. The molecule has 33 heavy (non-hydrogen) atoms. The molecular formula is C26H25ClN4O2. The van der Waals surface area contributed by atoms with E-state index in [0.717, 1.165) is 11.1 Å². The van der Waals surface area contributed by atoms with Crippen molar-refractivity contribution in [3.63, 3.8) is 0 Å². The Kier molecular flexibility index (Phi) is 6.47. The molecule has 0 aliphatic carbocycles. The summed E-state index contributed by atoms with van der Waals surface area (Å²) < 4.78 is 1.49. The Balaban J connectivity index is 1.74. The lowest BCUT2D eigenvalue weighted by atomic mass is 10.1. The van der Waals surface area contributed by atoms with E-state index in [1.807, 2.05) is 68.4 Å². The van der Waals surface area contributed by atoms with Crippen LogP contribution in [0.5, 0.6) is 0 Å². The van der Waals surface area contributed by atoms with Crippen LogP contribution in [0.25, 0.3) is 10.9 Å². The highest BCUT2D eigenvalue weighted by atomic mass is 35.5. The molecule has 0 spiro atoms. The van der Waals surface area contributed by atoms with Gasteiger partial charge in [0.15, 0.2) is 0 Å². The molecule has 4 rings (SSSR count). The zero-order valence-corrected chi connectivity index (χ0v) is 19.5. The second kappa shape index (κ2) is 9.46. The van der Waals surface area contributed by atoms with Gasteiger partial charge in [-0.25, -0.2) is 9.78 Å². The standard InChI is InChI=1S/C26H25ClN4O2/c1-17-8-7-11-21(14-17)28-26(33)31(16-19-9-5-4-6-10-19)18(2)24-29-23-13-12-20(27)15-22(23)25(32)30(24)3/h4-15,18H,16H2,1-3H3,(H,28,33). The van der Waals surface area contributed by atoms with Crippen LogP contribution in [0.15, 0.2) is 77.6 Å². The molecule has 1 atom stereocenters. The fourth-order valence-electron chi connectivity index (χ4n) is 3.86. The minimum absolute atomic E-state index is 0.205. The van der Waals surface area contributed by atoms with Crippen LogP contribution in [-0.4, -0.2) is 20.5 Å². The van der Waals surface area contributed by atoms with Crippen LogP contribution in [0.2, 0.25) is 5.02 Å². The normalized spacial score (nSPS) is 11.9. The highest BCUT2D eigenvalue weighted by molar-refractivity contribution is 6.31. The van der Waals surface area contributed by atoms with Gasteiger partial charge in [-0.3, -0.25) is 9.36 Å². The molecule has 7 heteroatoms. The molecule has 2 amide bonds. The molecule has 1 unspecified atom stereocenters. The van der Waals surface area contributed by atoms with Crippen molar-refractivity contribution in [2.75, 3.05) is 5.32 Å². The van der Waals surface area contributed by atoms with Gasteiger partial charge in [0, 0.05) is 24.3 Å². The Bertz CT molecular complexity index is 1370. The van der Waals surface area contributed by atoms with Gasteiger partial charge in [-0.15, -0.1) is 0 Å². The minimum Gasteiger partial charge on any atom is -0.310 e. The predicted octanol–water partition coefficient (Wildman–Crippen LogP) is 5.69. The molecule has 0 aliphatic heterocycles. The second-order valence-corrected chi connectivity index (χ2v) is 8.52. The van der Waals surface area contributed by atoms with E-state index in [1.54, 1.807) is 30.1 Å². The van der Waals surface area contributed by atoms with Crippen LogP contribution < -0.4 is 10.9 Å². The number of nitrogens with one attached hydrogen (secondary N) is 1. The van der Waals surface area contributed by atoms with Crippen LogP contribution in [0.3, 0.4) is 0 Å². The molecule has 168 valence electrons. The summed E-state index contributed by atoms with van der Waals surface area (Å²) in [6, 6.07) is 21.7. The molecule has 0 radical (unpaired) electrons. The summed E-state index contributed by atoms with van der Waals surface area (Å²) in [4.78, 5) is 32.9. The average Bonchev–Trinajstić information content (AvgIpc) is 2.80. The van der Waals surface area contributed by atoms with E-state index in [1.165, 1.54) is 4.57 Å². The van der Waals surface area contributed by atoms with Gasteiger partial charge in [0.1, 0.15) is 5.82 Å². The fraction of sp³-hybridized carbons (Fsp3) is 0.192. The third-order valence-electron chi connectivity index (χ3n) is 5.64. The Hall–Kier alpha value is -3.64. The second-order valence-electron chi connectivity index (χ2n) is 8.08. The van der Waals surface area contributed by atoms with E-state index >= 15 is 0 Å². The van der Waals surface area contributed by atoms with E-state index in [0.29, 0.717) is 34.0 Å². The van der Waals surface area contributed by atoms with Crippen LogP contribution in [0.4, 0.5) is 10.5 Å². The van der Waals surface area contributed by atoms with Crippen molar-refractivity contribution in [1.29, 1.82) is 0 Å². The number of carbonyl (C=O) groups is 1. The van der Waals surface area contributed by atoms with Crippen molar-refractivity contribution in [2.24, 2.45) is 7.05 Å². The van der Waals surface area contributed by atoms with Gasteiger partial charge in [-0.1, -0.05) is 54.1 Å². The summed E-state index contributed by atoms with van der Waals surface area (Å²) in [5.74, 6) is 0.491. The van der Waals surface area contributed by atoms with Gasteiger partial charge in [-0.2, -0.15) is 0 Å². The quantitative estimate of drug-likeness (QED) is 0.416. The van der Waals surface area contributed by atoms with E-state index in [2.05, 4.69) is 5.32 Å². The first-order valence-corrected chi connectivity index (χ1v) is 11.1. The van der Waals surface area contributed by atoms with Crippen molar-refractivity contribution in [3.8, 4) is 0 Å². The number of rotatable bonds is 5. The number of urea groups is 1. The lowest BCUT2D eigenvalue weighted by Gasteiger charge is -2.30. The number of hydrogen-bond acceptors (Lipinski definition) is 3. The minimum atomic E-state index is -0.479.